The van der Waals surface area contributed by atoms with Gasteiger partial charge in [-0.15, -0.1) is 0 Å². The third-order valence-corrected chi connectivity index (χ3v) is 5.56. The van der Waals surface area contributed by atoms with Gasteiger partial charge in [-0.05, 0) is 42.7 Å². The van der Waals surface area contributed by atoms with Crippen LogP contribution in [0.2, 0.25) is 0 Å². The van der Waals surface area contributed by atoms with Crippen LogP contribution >= 0.6 is 0 Å². The average molecular weight is 382 g/mol. The molecule has 0 unspecified atom stereocenters. The molecule has 1 aromatic heterocycles. The van der Waals surface area contributed by atoms with Crippen molar-refractivity contribution < 1.29 is 14.0 Å². The highest BCUT2D eigenvalue weighted by Gasteiger charge is 2.58. The first kappa shape index (κ1) is 18.4. The minimum absolute atomic E-state index is 0.104. The first-order valence-corrected chi connectivity index (χ1v) is 9.56. The molecule has 146 valence electrons. The molecular formula is C21H23FN4O2. The van der Waals surface area contributed by atoms with Gasteiger partial charge in [0.25, 0.3) is 0 Å². The summed E-state index contributed by atoms with van der Waals surface area (Å²) >= 11 is 0. The summed E-state index contributed by atoms with van der Waals surface area (Å²) in [5.41, 5.74) is 0.587. The van der Waals surface area contributed by atoms with E-state index in [0.717, 1.165) is 5.56 Å². The Balaban J connectivity index is 1.34. The van der Waals surface area contributed by atoms with Gasteiger partial charge in [-0.25, -0.2) is 4.39 Å². The Kier molecular flexibility index (Phi) is 4.98. The topological polar surface area (TPSA) is 65.5 Å². The number of benzene rings is 1. The SMILES string of the molecule is O=C(NCc1ccncc1)C1(C(=O)N2CCN(c3ccccc3F)CC2)CC1. The molecule has 1 aliphatic heterocycles. The number of hydrogen-bond donors (Lipinski definition) is 1. The number of nitrogens with one attached hydrogen (secondary N) is 1. The van der Waals surface area contributed by atoms with E-state index in [1.54, 1.807) is 29.4 Å². The molecule has 0 radical (unpaired) electrons. The first-order valence-electron chi connectivity index (χ1n) is 9.56. The Morgan fingerprint density at radius 2 is 1.71 bits per heavy atom. The number of aromatic nitrogens is 1. The fourth-order valence-corrected chi connectivity index (χ4v) is 3.68. The van der Waals surface area contributed by atoms with E-state index >= 15 is 0 Å². The van der Waals surface area contributed by atoms with E-state index in [-0.39, 0.29) is 17.6 Å². The number of anilines is 1. The molecule has 1 aliphatic carbocycles. The van der Waals surface area contributed by atoms with Gasteiger partial charge in [0.1, 0.15) is 11.2 Å². The van der Waals surface area contributed by atoms with E-state index in [2.05, 4.69) is 10.3 Å². The standard InChI is InChI=1S/C21H23FN4O2/c22-17-3-1-2-4-18(17)25-11-13-26(14-12-25)20(28)21(7-8-21)19(27)24-15-16-5-9-23-10-6-16/h1-6,9-10H,7-8,11-15H2,(H,24,27). The molecule has 6 nitrogen and oxygen atoms in total. The lowest BCUT2D eigenvalue weighted by Crippen LogP contribution is -2.53. The predicted octanol–water partition coefficient (Wildman–Crippen LogP) is 1.97. The summed E-state index contributed by atoms with van der Waals surface area (Å²) in [5, 5.41) is 2.89. The molecule has 2 heterocycles. The van der Waals surface area contributed by atoms with Crippen LogP contribution in [0.1, 0.15) is 18.4 Å². The van der Waals surface area contributed by atoms with E-state index in [1.165, 1.54) is 6.07 Å². The third-order valence-electron chi connectivity index (χ3n) is 5.56. The number of para-hydroxylation sites is 1. The van der Waals surface area contributed by atoms with Gasteiger partial charge in [-0.1, -0.05) is 12.1 Å². The number of amides is 2. The van der Waals surface area contributed by atoms with Crippen LogP contribution in [-0.2, 0) is 16.1 Å². The van der Waals surface area contributed by atoms with Crippen molar-refractivity contribution in [1.82, 2.24) is 15.2 Å². The molecule has 1 N–H and O–H groups in total. The van der Waals surface area contributed by atoms with E-state index in [1.807, 2.05) is 23.1 Å². The molecule has 0 spiro atoms. The molecular weight excluding hydrogens is 359 g/mol. The van der Waals surface area contributed by atoms with Crippen molar-refractivity contribution in [3.63, 3.8) is 0 Å². The molecule has 0 bridgehead atoms. The quantitative estimate of drug-likeness (QED) is 0.803. The molecule has 28 heavy (non-hydrogen) atoms. The largest absolute Gasteiger partial charge is 0.366 e. The minimum atomic E-state index is -0.923. The van der Waals surface area contributed by atoms with E-state index < -0.39 is 5.41 Å². The van der Waals surface area contributed by atoms with Crippen LogP contribution in [0.3, 0.4) is 0 Å². The van der Waals surface area contributed by atoms with Crippen LogP contribution in [0.25, 0.3) is 0 Å². The lowest BCUT2D eigenvalue weighted by atomic mass is 10.0. The summed E-state index contributed by atoms with van der Waals surface area (Å²) in [7, 11) is 0. The highest BCUT2D eigenvalue weighted by molar-refractivity contribution is 6.07. The van der Waals surface area contributed by atoms with Gasteiger partial charge in [0.15, 0.2) is 0 Å². The van der Waals surface area contributed by atoms with Crippen molar-refractivity contribution in [3.8, 4) is 0 Å². The van der Waals surface area contributed by atoms with Gasteiger partial charge in [0, 0.05) is 45.1 Å². The summed E-state index contributed by atoms with van der Waals surface area (Å²) in [6.45, 7) is 2.49. The maximum atomic E-state index is 14.0. The molecule has 1 saturated heterocycles. The maximum absolute atomic E-state index is 14.0. The number of piperazine rings is 1. The van der Waals surface area contributed by atoms with Crippen molar-refractivity contribution in [1.29, 1.82) is 0 Å². The number of carbonyl (C=O) groups excluding carboxylic acids is 2. The Hall–Kier alpha value is -2.96. The van der Waals surface area contributed by atoms with Crippen LogP contribution in [0, 0.1) is 11.2 Å². The normalized spacial score (nSPS) is 17.9. The summed E-state index contributed by atoms with van der Waals surface area (Å²) in [5.74, 6) is -0.560. The molecule has 2 aromatic rings. The number of rotatable bonds is 5. The Bertz CT molecular complexity index is 862. The highest BCUT2D eigenvalue weighted by atomic mass is 19.1. The predicted molar refractivity (Wildman–Crippen MR) is 103 cm³/mol. The van der Waals surface area contributed by atoms with E-state index in [4.69, 9.17) is 0 Å². The third kappa shape index (κ3) is 3.56. The van der Waals surface area contributed by atoms with Gasteiger partial charge in [-0.3, -0.25) is 14.6 Å². The van der Waals surface area contributed by atoms with Crippen LogP contribution in [0.5, 0.6) is 0 Å². The zero-order valence-electron chi connectivity index (χ0n) is 15.6. The van der Waals surface area contributed by atoms with Crippen LogP contribution in [0.15, 0.2) is 48.8 Å². The molecule has 2 amide bonds. The Morgan fingerprint density at radius 3 is 2.36 bits per heavy atom. The van der Waals surface area contributed by atoms with Crippen molar-refractivity contribution in [2.45, 2.75) is 19.4 Å². The Labute approximate surface area is 163 Å². The molecule has 0 atom stereocenters. The number of nitrogens with zero attached hydrogens (tertiary/aromatic N) is 3. The molecule has 7 heteroatoms. The van der Waals surface area contributed by atoms with Gasteiger partial charge in [0.05, 0.1) is 5.69 Å². The second-order valence-corrected chi connectivity index (χ2v) is 7.35. The monoisotopic (exact) mass is 382 g/mol. The van der Waals surface area contributed by atoms with Crippen LogP contribution in [0.4, 0.5) is 10.1 Å². The molecule has 1 saturated carbocycles. The smallest absolute Gasteiger partial charge is 0.238 e. The molecule has 4 rings (SSSR count). The molecule has 2 fully saturated rings. The van der Waals surface area contributed by atoms with Gasteiger partial charge < -0.3 is 15.1 Å². The maximum Gasteiger partial charge on any atom is 0.238 e. The van der Waals surface area contributed by atoms with Crippen LogP contribution < -0.4 is 10.2 Å². The lowest BCUT2D eigenvalue weighted by molar-refractivity contribution is -0.144. The number of carbonyl (C=O) groups is 2. The zero-order chi connectivity index (χ0) is 19.6. The summed E-state index contributed by atoms with van der Waals surface area (Å²) in [6, 6.07) is 10.3. The van der Waals surface area contributed by atoms with Gasteiger partial charge >= 0.3 is 0 Å². The Morgan fingerprint density at radius 1 is 1.04 bits per heavy atom. The van der Waals surface area contributed by atoms with Crippen molar-refractivity contribution >= 4 is 17.5 Å². The number of halogens is 1. The van der Waals surface area contributed by atoms with E-state index in [0.29, 0.717) is 51.3 Å². The minimum Gasteiger partial charge on any atom is -0.366 e. The van der Waals surface area contributed by atoms with Gasteiger partial charge in [0.2, 0.25) is 11.8 Å². The second kappa shape index (κ2) is 7.58. The summed E-state index contributed by atoms with van der Waals surface area (Å²) < 4.78 is 14.0. The average Bonchev–Trinajstić information content (AvgIpc) is 3.55. The second-order valence-electron chi connectivity index (χ2n) is 7.35. The van der Waals surface area contributed by atoms with Gasteiger partial charge in [-0.2, -0.15) is 0 Å². The summed E-state index contributed by atoms with van der Waals surface area (Å²) in [4.78, 5) is 33.3. The van der Waals surface area contributed by atoms with E-state index in [9.17, 15) is 14.0 Å². The number of pyridine rings is 1. The van der Waals surface area contributed by atoms with Crippen molar-refractivity contribution in [2.75, 3.05) is 31.1 Å². The summed E-state index contributed by atoms with van der Waals surface area (Å²) in [6.07, 6.45) is 4.52. The fraction of sp³-hybridized carbons (Fsp3) is 0.381. The molecule has 2 aliphatic rings. The molecule has 1 aromatic carbocycles. The zero-order valence-corrected chi connectivity index (χ0v) is 15.6. The number of hydrogen-bond acceptors (Lipinski definition) is 4. The highest BCUT2D eigenvalue weighted by Crippen LogP contribution is 2.47. The fourth-order valence-electron chi connectivity index (χ4n) is 3.68. The van der Waals surface area contributed by atoms with Crippen LogP contribution in [-0.4, -0.2) is 47.9 Å². The van der Waals surface area contributed by atoms with Crippen molar-refractivity contribution in [2.24, 2.45) is 5.41 Å². The lowest BCUT2D eigenvalue weighted by Gasteiger charge is -2.37. The first-order chi connectivity index (χ1) is 13.6. The van der Waals surface area contributed by atoms with Crippen molar-refractivity contribution in [3.05, 3.63) is 60.2 Å².